The lowest BCUT2D eigenvalue weighted by molar-refractivity contribution is -0.138. The van der Waals surface area contributed by atoms with E-state index in [1.807, 2.05) is 13.8 Å². The molecule has 0 aliphatic carbocycles. The molecule has 6 heteroatoms. The van der Waals surface area contributed by atoms with Crippen molar-refractivity contribution >= 4 is 11.8 Å². The molecule has 1 aliphatic rings. The Morgan fingerprint density at radius 3 is 2.71 bits per heavy atom. The van der Waals surface area contributed by atoms with Crippen LogP contribution in [0.25, 0.3) is 0 Å². The smallest absolute Gasteiger partial charge is 0.225 e. The van der Waals surface area contributed by atoms with E-state index in [1.165, 1.54) is 12.1 Å². The largest absolute Gasteiger partial charge is 0.492 e. The van der Waals surface area contributed by atoms with Crippen molar-refractivity contribution in [1.29, 1.82) is 0 Å². The van der Waals surface area contributed by atoms with Crippen LogP contribution in [0.2, 0.25) is 0 Å². The van der Waals surface area contributed by atoms with Crippen molar-refractivity contribution in [3.05, 3.63) is 30.1 Å². The van der Waals surface area contributed by atoms with E-state index in [-0.39, 0.29) is 29.5 Å². The number of likely N-dealkylation sites (tertiary alicyclic amines) is 1. The van der Waals surface area contributed by atoms with Gasteiger partial charge in [-0.1, -0.05) is 13.8 Å². The number of nitrogens with zero attached hydrogens (tertiary/aromatic N) is 1. The lowest BCUT2D eigenvalue weighted by Gasteiger charge is -2.33. The summed E-state index contributed by atoms with van der Waals surface area (Å²) in [5, 5.41) is 2.85. The van der Waals surface area contributed by atoms with Gasteiger partial charge in [-0.05, 0) is 37.1 Å². The Morgan fingerprint density at radius 1 is 1.33 bits per heavy atom. The van der Waals surface area contributed by atoms with E-state index in [4.69, 9.17) is 4.74 Å². The van der Waals surface area contributed by atoms with Crippen molar-refractivity contribution in [2.24, 2.45) is 11.8 Å². The van der Waals surface area contributed by atoms with Gasteiger partial charge in [0.2, 0.25) is 11.8 Å². The van der Waals surface area contributed by atoms with Crippen molar-refractivity contribution in [2.75, 3.05) is 26.2 Å². The third-order valence-corrected chi connectivity index (χ3v) is 4.08. The first kappa shape index (κ1) is 18.2. The molecular formula is C18H25FN2O3. The number of hydrogen-bond acceptors (Lipinski definition) is 3. The predicted molar refractivity (Wildman–Crippen MR) is 89.0 cm³/mol. The van der Waals surface area contributed by atoms with Crippen LogP contribution in [-0.2, 0) is 9.59 Å². The Morgan fingerprint density at radius 2 is 2.04 bits per heavy atom. The summed E-state index contributed by atoms with van der Waals surface area (Å²) in [5.74, 6) is 0.111. The summed E-state index contributed by atoms with van der Waals surface area (Å²) in [6.45, 7) is 5.66. The summed E-state index contributed by atoms with van der Waals surface area (Å²) < 4.78 is 18.2. The Hall–Kier alpha value is -2.11. The van der Waals surface area contributed by atoms with Crippen LogP contribution in [0, 0.1) is 17.7 Å². The van der Waals surface area contributed by atoms with Gasteiger partial charge in [0.25, 0.3) is 0 Å². The van der Waals surface area contributed by atoms with Crippen molar-refractivity contribution < 1.29 is 18.7 Å². The van der Waals surface area contributed by atoms with Gasteiger partial charge in [0.15, 0.2) is 0 Å². The van der Waals surface area contributed by atoms with Crippen molar-refractivity contribution in [3.63, 3.8) is 0 Å². The maximum Gasteiger partial charge on any atom is 0.225 e. The molecule has 1 aromatic rings. The van der Waals surface area contributed by atoms with Crippen LogP contribution in [0.1, 0.15) is 26.7 Å². The van der Waals surface area contributed by atoms with Crippen molar-refractivity contribution in [1.82, 2.24) is 10.2 Å². The first-order valence-corrected chi connectivity index (χ1v) is 8.42. The highest BCUT2D eigenvalue weighted by Gasteiger charge is 2.29. The molecular weight excluding hydrogens is 311 g/mol. The molecule has 24 heavy (non-hydrogen) atoms. The van der Waals surface area contributed by atoms with Crippen LogP contribution >= 0.6 is 0 Å². The van der Waals surface area contributed by atoms with Crippen molar-refractivity contribution in [2.45, 2.75) is 26.7 Å². The van der Waals surface area contributed by atoms with E-state index >= 15 is 0 Å². The molecule has 5 nitrogen and oxygen atoms in total. The Kier molecular flexibility index (Phi) is 6.58. The zero-order chi connectivity index (χ0) is 17.5. The fourth-order valence-electron chi connectivity index (χ4n) is 2.77. The molecule has 1 saturated heterocycles. The molecule has 1 N–H and O–H groups in total. The molecule has 132 valence electrons. The lowest BCUT2D eigenvalue weighted by atomic mass is 9.96. The molecule has 0 aromatic heterocycles. The fraction of sp³-hybridized carbons (Fsp3) is 0.556. The standard InChI is InChI=1S/C18H25FN2O3/c1-13(2)18(23)21-10-3-4-14(12-21)17(22)20-9-11-24-16-7-5-15(19)6-8-16/h5-8,13-14H,3-4,9-12H2,1-2H3,(H,20,22). The predicted octanol–water partition coefficient (Wildman–Crippen LogP) is 2.22. The molecule has 0 radical (unpaired) electrons. The minimum Gasteiger partial charge on any atom is -0.492 e. The van der Waals surface area contributed by atoms with Gasteiger partial charge < -0.3 is 15.0 Å². The van der Waals surface area contributed by atoms with Gasteiger partial charge >= 0.3 is 0 Å². The van der Waals surface area contributed by atoms with E-state index < -0.39 is 0 Å². The third kappa shape index (κ3) is 5.22. The number of ether oxygens (including phenoxy) is 1. The molecule has 1 fully saturated rings. The molecule has 1 aromatic carbocycles. The van der Waals surface area contributed by atoms with Crippen LogP contribution in [0.3, 0.4) is 0 Å². The average molecular weight is 336 g/mol. The zero-order valence-electron chi connectivity index (χ0n) is 14.3. The highest BCUT2D eigenvalue weighted by atomic mass is 19.1. The van der Waals surface area contributed by atoms with Gasteiger partial charge in [-0.3, -0.25) is 9.59 Å². The molecule has 2 rings (SSSR count). The number of rotatable bonds is 6. The highest BCUT2D eigenvalue weighted by Crippen LogP contribution is 2.18. The summed E-state index contributed by atoms with van der Waals surface area (Å²) in [5.41, 5.74) is 0. The van der Waals surface area contributed by atoms with Crippen LogP contribution in [0.4, 0.5) is 4.39 Å². The quantitative estimate of drug-likeness (QED) is 0.811. The summed E-state index contributed by atoms with van der Waals surface area (Å²) in [6.07, 6.45) is 1.65. The van der Waals surface area contributed by atoms with E-state index in [1.54, 1.807) is 17.0 Å². The number of halogens is 1. The zero-order valence-corrected chi connectivity index (χ0v) is 14.3. The Labute approximate surface area is 142 Å². The Balaban J connectivity index is 1.71. The summed E-state index contributed by atoms with van der Waals surface area (Å²) >= 11 is 0. The molecule has 2 amide bonds. The van der Waals surface area contributed by atoms with Crippen LogP contribution in [-0.4, -0.2) is 43.0 Å². The lowest BCUT2D eigenvalue weighted by Crippen LogP contribution is -2.47. The fourth-order valence-corrected chi connectivity index (χ4v) is 2.77. The number of carbonyl (C=O) groups is 2. The summed E-state index contributed by atoms with van der Waals surface area (Å²) in [7, 11) is 0. The van der Waals surface area contributed by atoms with Gasteiger partial charge in [0.05, 0.1) is 12.5 Å². The second kappa shape index (κ2) is 8.66. The number of hydrogen-bond donors (Lipinski definition) is 1. The third-order valence-electron chi connectivity index (χ3n) is 4.08. The monoisotopic (exact) mass is 336 g/mol. The number of benzene rings is 1. The number of carbonyl (C=O) groups excluding carboxylic acids is 2. The van der Waals surface area contributed by atoms with Gasteiger partial charge in [0, 0.05) is 19.0 Å². The second-order valence-corrected chi connectivity index (χ2v) is 6.37. The average Bonchev–Trinajstić information content (AvgIpc) is 2.59. The highest BCUT2D eigenvalue weighted by molar-refractivity contribution is 5.82. The van der Waals surface area contributed by atoms with Gasteiger partial charge in [0.1, 0.15) is 18.2 Å². The maximum atomic E-state index is 12.8. The van der Waals surface area contributed by atoms with Gasteiger partial charge in [-0.15, -0.1) is 0 Å². The van der Waals surface area contributed by atoms with E-state index in [0.29, 0.717) is 25.4 Å². The van der Waals surface area contributed by atoms with E-state index in [0.717, 1.165) is 19.4 Å². The molecule has 0 bridgehead atoms. The summed E-state index contributed by atoms with van der Waals surface area (Å²) in [4.78, 5) is 26.1. The Bertz CT molecular complexity index is 560. The van der Waals surface area contributed by atoms with E-state index in [9.17, 15) is 14.0 Å². The number of nitrogens with one attached hydrogen (secondary N) is 1. The van der Waals surface area contributed by atoms with Crippen molar-refractivity contribution in [3.8, 4) is 5.75 Å². The number of piperidine rings is 1. The molecule has 1 atom stereocenters. The topological polar surface area (TPSA) is 58.6 Å². The normalized spacial score (nSPS) is 17.7. The van der Waals surface area contributed by atoms with E-state index in [2.05, 4.69) is 5.32 Å². The second-order valence-electron chi connectivity index (χ2n) is 6.37. The van der Waals surface area contributed by atoms with Crippen LogP contribution < -0.4 is 10.1 Å². The minimum absolute atomic E-state index is 0.0426. The maximum absolute atomic E-state index is 12.8. The first-order valence-electron chi connectivity index (χ1n) is 8.42. The molecule has 1 heterocycles. The van der Waals surface area contributed by atoms with Crippen LogP contribution in [0.15, 0.2) is 24.3 Å². The molecule has 1 aliphatic heterocycles. The molecule has 0 saturated carbocycles. The minimum atomic E-state index is -0.312. The van der Waals surface area contributed by atoms with Crippen LogP contribution in [0.5, 0.6) is 5.75 Å². The molecule has 0 spiro atoms. The van der Waals surface area contributed by atoms with Gasteiger partial charge in [-0.25, -0.2) is 4.39 Å². The first-order chi connectivity index (χ1) is 11.5. The summed E-state index contributed by atoms with van der Waals surface area (Å²) in [6, 6.07) is 5.76. The SMILES string of the molecule is CC(C)C(=O)N1CCCC(C(=O)NCCOc2ccc(F)cc2)C1. The van der Waals surface area contributed by atoms with Gasteiger partial charge in [-0.2, -0.15) is 0 Å². The molecule has 1 unspecified atom stereocenters. The number of amides is 2.